The van der Waals surface area contributed by atoms with E-state index in [0.717, 1.165) is 21.9 Å². The third kappa shape index (κ3) is 3.14. The average molecular weight is 492 g/mol. The number of fused-ring (bicyclic) bond motifs is 6. The van der Waals surface area contributed by atoms with Crippen LogP contribution in [0.15, 0.2) is 142 Å². The first-order chi connectivity index (χ1) is 18.3. The quantitative estimate of drug-likeness (QED) is 0.239. The molecule has 1 aliphatic heterocycles. The van der Waals surface area contributed by atoms with Crippen LogP contribution >= 0.6 is 11.8 Å². The van der Waals surface area contributed by atoms with Gasteiger partial charge in [0.2, 0.25) is 0 Å². The molecule has 0 atom stereocenters. The predicted molar refractivity (Wildman–Crippen MR) is 155 cm³/mol. The van der Waals surface area contributed by atoms with E-state index >= 15 is 0 Å². The van der Waals surface area contributed by atoms with Crippen molar-refractivity contribution < 1.29 is 4.42 Å². The zero-order chi connectivity index (χ0) is 24.3. The second kappa shape index (κ2) is 8.02. The molecular formula is C34H21NOS. The summed E-state index contributed by atoms with van der Waals surface area (Å²) in [6.45, 7) is 0. The molecule has 37 heavy (non-hydrogen) atoms. The highest BCUT2D eigenvalue weighted by molar-refractivity contribution is 7.99. The molecule has 1 aromatic heterocycles. The van der Waals surface area contributed by atoms with Crippen LogP contribution in [0.2, 0.25) is 0 Å². The Hall–Kier alpha value is -4.47. The molecular weight excluding hydrogens is 470 g/mol. The summed E-state index contributed by atoms with van der Waals surface area (Å²) >= 11 is 1.84. The van der Waals surface area contributed by atoms with E-state index < -0.39 is 0 Å². The summed E-state index contributed by atoms with van der Waals surface area (Å²) in [5, 5.41) is 4.77. The van der Waals surface area contributed by atoms with Crippen LogP contribution < -0.4 is 4.90 Å². The Morgan fingerprint density at radius 2 is 1.08 bits per heavy atom. The van der Waals surface area contributed by atoms with Crippen molar-refractivity contribution in [3.8, 4) is 11.1 Å². The van der Waals surface area contributed by atoms with Crippen LogP contribution in [0.4, 0.5) is 17.1 Å². The average Bonchev–Trinajstić information content (AvgIpc) is 3.33. The van der Waals surface area contributed by atoms with Gasteiger partial charge in [-0.1, -0.05) is 90.6 Å². The van der Waals surface area contributed by atoms with E-state index in [-0.39, 0.29) is 0 Å². The number of hydrogen-bond donors (Lipinski definition) is 0. The summed E-state index contributed by atoms with van der Waals surface area (Å²) in [7, 11) is 0. The van der Waals surface area contributed by atoms with Gasteiger partial charge in [-0.05, 0) is 65.0 Å². The van der Waals surface area contributed by atoms with Crippen LogP contribution in [-0.2, 0) is 0 Å². The maximum absolute atomic E-state index is 6.09. The summed E-state index contributed by atoms with van der Waals surface area (Å²) in [6, 6.07) is 45.5. The Bertz CT molecular complexity index is 1940. The Kier molecular flexibility index (Phi) is 4.49. The lowest BCUT2D eigenvalue weighted by Crippen LogP contribution is -2.15. The van der Waals surface area contributed by atoms with Crippen LogP contribution in [-0.4, -0.2) is 0 Å². The van der Waals surface area contributed by atoms with Crippen LogP contribution in [0.1, 0.15) is 0 Å². The highest BCUT2D eigenvalue weighted by Gasteiger charge is 2.26. The summed E-state index contributed by atoms with van der Waals surface area (Å²) in [4.78, 5) is 4.96. The maximum Gasteiger partial charge on any atom is 0.135 e. The molecule has 7 aromatic rings. The van der Waals surface area contributed by atoms with Crippen molar-refractivity contribution in [1.82, 2.24) is 0 Å². The van der Waals surface area contributed by atoms with Gasteiger partial charge in [-0.3, -0.25) is 0 Å². The van der Waals surface area contributed by atoms with Gasteiger partial charge in [0.05, 0.1) is 17.1 Å². The van der Waals surface area contributed by atoms with E-state index in [9.17, 15) is 0 Å². The lowest BCUT2D eigenvalue weighted by Gasteiger charge is -2.33. The van der Waals surface area contributed by atoms with Gasteiger partial charge in [0.25, 0.3) is 0 Å². The number of para-hydroxylation sites is 3. The SMILES string of the molecule is c1ccc2c(c1)Sc1ccccc1N2c1ccc(-c2ccc3oc4ccccc4c3c2)c2ccccc12. The molecule has 0 bridgehead atoms. The van der Waals surface area contributed by atoms with Crippen molar-refractivity contribution in [2.45, 2.75) is 9.79 Å². The molecule has 0 saturated heterocycles. The van der Waals surface area contributed by atoms with Gasteiger partial charge in [-0.2, -0.15) is 0 Å². The Labute approximate surface area is 218 Å². The molecule has 0 saturated carbocycles. The highest BCUT2D eigenvalue weighted by Crippen LogP contribution is 2.52. The fourth-order valence-electron chi connectivity index (χ4n) is 5.59. The fraction of sp³-hybridized carbons (Fsp3) is 0. The molecule has 0 N–H and O–H groups in total. The summed E-state index contributed by atoms with van der Waals surface area (Å²) in [6.07, 6.45) is 0. The van der Waals surface area contributed by atoms with Crippen molar-refractivity contribution in [2.24, 2.45) is 0 Å². The third-order valence-corrected chi connectivity index (χ3v) is 8.39. The first-order valence-corrected chi connectivity index (χ1v) is 13.3. The molecule has 174 valence electrons. The van der Waals surface area contributed by atoms with Crippen molar-refractivity contribution in [2.75, 3.05) is 4.90 Å². The molecule has 2 heterocycles. The Balaban J connectivity index is 1.37. The van der Waals surface area contributed by atoms with Gasteiger partial charge >= 0.3 is 0 Å². The lowest BCUT2D eigenvalue weighted by molar-refractivity contribution is 0.669. The van der Waals surface area contributed by atoms with E-state index in [1.165, 1.54) is 48.8 Å². The topological polar surface area (TPSA) is 16.4 Å². The van der Waals surface area contributed by atoms with E-state index in [1.54, 1.807) is 0 Å². The van der Waals surface area contributed by atoms with Gasteiger partial charge in [0.15, 0.2) is 0 Å². The zero-order valence-electron chi connectivity index (χ0n) is 19.9. The van der Waals surface area contributed by atoms with Gasteiger partial charge in [-0.25, -0.2) is 0 Å². The standard InChI is InChI=1S/C34H21NOS/c1-2-10-25-24(9-1)23(22-17-20-32-27(21-22)26-11-3-6-14-31(26)36-32)18-19-28(25)35-29-12-4-7-15-33(29)37-34-16-8-5-13-30(34)35/h1-21H. The van der Waals surface area contributed by atoms with E-state index in [2.05, 4.69) is 120 Å². The van der Waals surface area contributed by atoms with Crippen molar-refractivity contribution in [3.63, 3.8) is 0 Å². The van der Waals surface area contributed by atoms with Crippen LogP contribution in [0.25, 0.3) is 43.8 Å². The van der Waals surface area contributed by atoms with Gasteiger partial charge in [0, 0.05) is 25.9 Å². The van der Waals surface area contributed by atoms with E-state index in [0.29, 0.717) is 0 Å². The largest absolute Gasteiger partial charge is 0.456 e. The van der Waals surface area contributed by atoms with Crippen molar-refractivity contribution in [3.05, 3.63) is 127 Å². The molecule has 8 rings (SSSR count). The first-order valence-electron chi connectivity index (χ1n) is 12.4. The number of rotatable bonds is 2. The number of nitrogens with zero attached hydrogens (tertiary/aromatic N) is 1. The smallest absolute Gasteiger partial charge is 0.135 e. The Morgan fingerprint density at radius 3 is 1.86 bits per heavy atom. The minimum absolute atomic E-state index is 0.921. The van der Waals surface area contributed by atoms with Crippen LogP contribution in [0.5, 0.6) is 0 Å². The molecule has 3 heteroatoms. The monoisotopic (exact) mass is 491 g/mol. The normalized spacial score (nSPS) is 12.7. The summed E-state index contributed by atoms with van der Waals surface area (Å²) in [5.74, 6) is 0. The van der Waals surface area contributed by atoms with Gasteiger partial charge < -0.3 is 9.32 Å². The summed E-state index contributed by atoms with van der Waals surface area (Å²) in [5.41, 5.74) is 7.89. The second-order valence-corrected chi connectivity index (χ2v) is 10.4. The van der Waals surface area contributed by atoms with E-state index in [4.69, 9.17) is 4.42 Å². The molecule has 0 spiro atoms. The van der Waals surface area contributed by atoms with Crippen molar-refractivity contribution in [1.29, 1.82) is 0 Å². The molecule has 0 fully saturated rings. The molecule has 1 aliphatic rings. The minimum atomic E-state index is 0.921. The molecule has 0 unspecified atom stereocenters. The van der Waals surface area contributed by atoms with Crippen molar-refractivity contribution >= 4 is 61.5 Å². The Morgan fingerprint density at radius 1 is 0.459 bits per heavy atom. The lowest BCUT2D eigenvalue weighted by atomic mass is 9.95. The van der Waals surface area contributed by atoms with E-state index in [1.807, 2.05) is 23.9 Å². The molecule has 0 radical (unpaired) electrons. The van der Waals surface area contributed by atoms with Crippen LogP contribution in [0.3, 0.4) is 0 Å². The zero-order valence-corrected chi connectivity index (χ0v) is 20.7. The first kappa shape index (κ1) is 20.7. The molecule has 0 aliphatic carbocycles. The number of anilines is 3. The molecule has 0 amide bonds. The molecule has 2 nitrogen and oxygen atoms in total. The third-order valence-electron chi connectivity index (χ3n) is 7.26. The highest BCUT2D eigenvalue weighted by atomic mass is 32.2. The number of furan rings is 1. The maximum atomic E-state index is 6.09. The number of hydrogen-bond acceptors (Lipinski definition) is 3. The fourth-order valence-corrected chi connectivity index (χ4v) is 6.65. The van der Waals surface area contributed by atoms with Gasteiger partial charge in [-0.15, -0.1) is 0 Å². The molecule has 6 aromatic carbocycles. The second-order valence-electron chi connectivity index (χ2n) is 9.36. The number of benzene rings is 6. The predicted octanol–water partition coefficient (Wildman–Crippen LogP) is 10.3. The minimum Gasteiger partial charge on any atom is -0.456 e. The summed E-state index contributed by atoms with van der Waals surface area (Å²) < 4.78 is 6.09. The van der Waals surface area contributed by atoms with Crippen LogP contribution in [0, 0.1) is 0 Å². The van der Waals surface area contributed by atoms with Gasteiger partial charge in [0.1, 0.15) is 11.2 Å².